The molecule has 7 heteroatoms. The molecule has 0 aliphatic heterocycles. The lowest BCUT2D eigenvalue weighted by Gasteiger charge is -2.17. The summed E-state index contributed by atoms with van der Waals surface area (Å²) in [5.74, 6) is -0.736. The SMILES string of the molecule is O=C(OO)c1ccccc1.OCCN(CCO)CCO. The van der Waals surface area contributed by atoms with E-state index >= 15 is 0 Å². The predicted octanol–water partition coefficient (Wildman–Crippen LogP) is -0.418. The molecule has 0 atom stereocenters. The quantitative estimate of drug-likeness (QED) is 0.398. The molecule has 20 heavy (non-hydrogen) atoms. The summed E-state index contributed by atoms with van der Waals surface area (Å²) >= 11 is 0. The molecule has 0 unspecified atom stereocenters. The smallest absolute Gasteiger partial charge is 0.372 e. The van der Waals surface area contributed by atoms with Gasteiger partial charge in [0.05, 0.1) is 25.4 Å². The Kier molecular flexibility index (Phi) is 11.6. The van der Waals surface area contributed by atoms with E-state index in [0.717, 1.165) is 0 Å². The number of aliphatic hydroxyl groups excluding tert-OH is 3. The van der Waals surface area contributed by atoms with E-state index in [-0.39, 0.29) is 19.8 Å². The lowest BCUT2D eigenvalue weighted by atomic mass is 10.2. The molecule has 0 aliphatic carbocycles. The number of carbonyl (C=O) groups excluding carboxylic acids is 1. The summed E-state index contributed by atoms with van der Waals surface area (Å²) < 4.78 is 0. The summed E-state index contributed by atoms with van der Waals surface area (Å²) in [6.07, 6.45) is 0. The molecule has 0 aromatic heterocycles. The topological polar surface area (TPSA) is 110 Å². The van der Waals surface area contributed by atoms with Crippen LogP contribution >= 0.6 is 0 Å². The highest BCUT2D eigenvalue weighted by Crippen LogP contribution is 1.98. The molecule has 0 amide bonds. The second-order valence-corrected chi connectivity index (χ2v) is 3.76. The fraction of sp³-hybridized carbons (Fsp3) is 0.462. The third-order valence-corrected chi connectivity index (χ3v) is 2.34. The van der Waals surface area contributed by atoms with Crippen LogP contribution in [0.3, 0.4) is 0 Å². The van der Waals surface area contributed by atoms with E-state index in [4.69, 9.17) is 20.6 Å². The number of hydrogen-bond acceptors (Lipinski definition) is 7. The van der Waals surface area contributed by atoms with E-state index in [2.05, 4.69) is 4.89 Å². The molecular formula is C13H21NO6. The Morgan fingerprint density at radius 2 is 1.40 bits per heavy atom. The van der Waals surface area contributed by atoms with Gasteiger partial charge in [0, 0.05) is 19.6 Å². The largest absolute Gasteiger partial charge is 0.395 e. The van der Waals surface area contributed by atoms with E-state index in [1.807, 2.05) is 0 Å². The fourth-order valence-corrected chi connectivity index (χ4v) is 1.39. The molecule has 0 bridgehead atoms. The lowest BCUT2D eigenvalue weighted by molar-refractivity contribution is -0.182. The van der Waals surface area contributed by atoms with Gasteiger partial charge in [-0.3, -0.25) is 9.79 Å². The van der Waals surface area contributed by atoms with Crippen LogP contribution in [0.5, 0.6) is 0 Å². The average Bonchev–Trinajstić information content (AvgIpc) is 2.49. The van der Waals surface area contributed by atoms with Gasteiger partial charge < -0.3 is 15.3 Å². The van der Waals surface area contributed by atoms with Gasteiger partial charge in [0.15, 0.2) is 0 Å². The van der Waals surface area contributed by atoms with Crippen LogP contribution < -0.4 is 0 Å². The predicted molar refractivity (Wildman–Crippen MR) is 72.2 cm³/mol. The van der Waals surface area contributed by atoms with Crippen LogP contribution in [-0.2, 0) is 4.89 Å². The highest BCUT2D eigenvalue weighted by molar-refractivity contribution is 5.88. The molecule has 114 valence electrons. The van der Waals surface area contributed by atoms with Crippen molar-refractivity contribution in [1.82, 2.24) is 4.90 Å². The summed E-state index contributed by atoms with van der Waals surface area (Å²) in [6.45, 7) is 1.75. The Bertz CT molecular complexity index is 332. The number of rotatable bonds is 7. The summed E-state index contributed by atoms with van der Waals surface area (Å²) in [5, 5.41) is 33.4. The lowest BCUT2D eigenvalue weighted by Crippen LogP contribution is -2.32. The second-order valence-electron chi connectivity index (χ2n) is 3.76. The van der Waals surface area contributed by atoms with Crippen molar-refractivity contribution < 1.29 is 30.3 Å². The molecule has 0 fully saturated rings. The zero-order chi connectivity index (χ0) is 15.2. The first-order chi connectivity index (χ1) is 9.69. The van der Waals surface area contributed by atoms with Gasteiger partial charge in [0.2, 0.25) is 0 Å². The molecule has 1 aromatic rings. The standard InChI is InChI=1S/C7H6O3.C6H15NO3/c8-7(10-9)6-4-2-1-3-5-6;8-4-1-7(2-5-9)3-6-10/h1-5,9H;8-10H,1-6H2. The first-order valence-electron chi connectivity index (χ1n) is 6.15. The van der Waals surface area contributed by atoms with Gasteiger partial charge in [-0.25, -0.2) is 4.79 Å². The minimum Gasteiger partial charge on any atom is -0.395 e. The maximum atomic E-state index is 10.5. The van der Waals surface area contributed by atoms with Gasteiger partial charge >= 0.3 is 5.97 Å². The van der Waals surface area contributed by atoms with Gasteiger partial charge in [-0.1, -0.05) is 18.2 Å². The zero-order valence-corrected chi connectivity index (χ0v) is 11.2. The van der Waals surface area contributed by atoms with Crippen LogP contribution in [0.1, 0.15) is 10.4 Å². The van der Waals surface area contributed by atoms with Gasteiger partial charge in [0.1, 0.15) is 0 Å². The van der Waals surface area contributed by atoms with Crippen LogP contribution in [0.15, 0.2) is 30.3 Å². The normalized spacial score (nSPS) is 9.85. The van der Waals surface area contributed by atoms with Crippen molar-refractivity contribution in [2.24, 2.45) is 0 Å². The molecule has 0 heterocycles. The van der Waals surface area contributed by atoms with Crippen molar-refractivity contribution in [3.63, 3.8) is 0 Å². The van der Waals surface area contributed by atoms with Crippen molar-refractivity contribution >= 4 is 5.97 Å². The van der Waals surface area contributed by atoms with Crippen molar-refractivity contribution in [3.05, 3.63) is 35.9 Å². The molecular weight excluding hydrogens is 266 g/mol. The second kappa shape index (κ2) is 12.5. The summed E-state index contributed by atoms with van der Waals surface area (Å²) in [6, 6.07) is 8.25. The molecule has 7 nitrogen and oxygen atoms in total. The summed E-state index contributed by atoms with van der Waals surface area (Å²) in [4.78, 5) is 15.8. The van der Waals surface area contributed by atoms with Crippen LogP contribution in [0, 0.1) is 0 Å². The van der Waals surface area contributed by atoms with E-state index in [1.165, 1.54) is 0 Å². The molecule has 0 radical (unpaired) electrons. The Labute approximate surface area is 117 Å². The monoisotopic (exact) mass is 287 g/mol. The maximum absolute atomic E-state index is 10.5. The number of hydrogen-bond donors (Lipinski definition) is 4. The van der Waals surface area contributed by atoms with Crippen molar-refractivity contribution in [3.8, 4) is 0 Å². The Balaban J connectivity index is 0.000000361. The van der Waals surface area contributed by atoms with Gasteiger partial charge in [-0.05, 0) is 12.1 Å². The first-order valence-corrected chi connectivity index (χ1v) is 6.15. The third kappa shape index (κ3) is 8.57. The van der Waals surface area contributed by atoms with E-state index in [9.17, 15) is 4.79 Å². The van der Waals surface area contributed by atoms with E-state index < -0.39 is 5.97 Å². The van der Waals surface area contributed by atoms with Crippen LogP contribution in [-0.4, -0.2) is 70.9 Å². The minimum absolute atomic E-state index is 0.0694. The first kappa shape index (κ1) is 18.5. The Hall–Kier alpha value is -1.51. The highest BCUT2D eigenvalue weighted by Gasteiger charge is 2.03. The molecule has 4 N–H and O–H groups in total. The van der Waals surface area contributed by atoms with Crippen molar-refractivity contribution in [1.29, 1.82) is 0 Å². The van der Waals surface area contributed by atoms with Crippen LogP contribution in [0.2, 0.25) is 0 Å². The zero-order valence-electron chi connectivity index (χ0n) is 11.2. The number of nitrogens with zero attached hydrogens (tertiary/aromatic N) is 1. The van der Waals surface area contributed by atoms with Crippen molar-refractivity contribution in [2.45, 2.75) is 0 Å². The molecule has 1 aromatic carbocycles. The van der Waals surface area contributed by atoms with E-state index in [1.54, 1.807) is 35.2 Å². The molecule has 0 saturated carbocycles. The van der Waals surface area contributed by atoms with Crippen LogP contribution in [0.25, 0.3) is 0 Å². The number of aliphatic hydroxyl groups is 3. The molecule has 0 saturated heterocycles. The summed E-state index contributed by atoms with van der Waals surface area (Å²) in [7, 11) is 0. The van der Waals surface area contributed by atoms with E-state index in [0.29, 0.717) is 25.2 Å². The highest BCUT2D eigenvalue weighted by atomic mass is 17.1. The molecule has 0 aliphatic rings. The Morgan fingerprint density at radius 1 is 0.950 bits per heavy atom. The average molecular weight is 287 g/mol. The summed E-state index contributed by atoms with van der Waals surface area (Å²) in [5.41, 5.74) is 0.338. The maximum Gasteiger partial charge on any atom is 0.372 e. The number of carbonyl (C=O) groups is 1. The fourth-order valence-electron chi connectivity index (χ4n) is 1.39. The minimum atomic E-state index is -0.736. The van der Waals surface area contributed by atoms with Crippen LogP contribution in [0.4, 0.5) is 0 Å². The molecule has 0 spiro atoms. The number of benzene rings is 1. The molecule has 1 rings (SSSR count). The third-order valence-electron chi connectivity index (χ3n) is 2.34. The van der Waals surface area contributed by atoms with Gasteiger partial charge in [-0.15, -0.1) is 0 Å². The van der Waals surface area contributed by atoms with Crippen molar-refractivity contribution in [2.75, 3.05) is 39.5 Å². The Morgan fingerprint density at radius 3 is 1.75 bits per heavy atom. The van der Waals surface area contributed by atoms with Gasteiger partial charge in [0.25, 0.3) is 0 Å². The van der Waals surface area contributed by atoms with Gasteiger partial charge in [-0.2, -0.15) is 5.26 Å².